The van der Waals surface area contributed by atoms with Crippen LogP contribution in [0.2, 0.25) is 0 Å². The summed E-state index contributed by atoms with van der Waals surface area (Å²) in [5.41, 5.74) is 6.50. The SMILES string of the molecule is CC(C)c1cc(N2CCC(n3cc(C(N)=O)nn3)CC2)nc(N(C)C)n1. The van der Waals surface area contributed by atoms with E-state index in [-0.39, 0.29) is 11.7 Å². The minimum atomic E-state index is -0.549. The first-order chi connectivity index (χ1) is 12.3. The molecule has 2 N–H and O–H groups in total. The molecule has 1 aliphatic heterocycles. The highest BCUT2D eigenvalue weighted by Crippen LogP contribution is 2.27. The summed E-state index contributed by atoms with van der Waals surface area (Å²) in [7, 11) is 3.91. The van der Waals surface area contributed by atoms with Gasteiger partial charge in [0.25, 0.3) is 5.91 Å². The third-order valence-electron chi connectivity index (χ3n) is 4.64. The van der Waals surface area contributed by atoms with Gasteiger partial charge in [-0.25, -0.2) is 9.67 Å². The zero-order valence-electron chi connectivity index (χ0n) is 15.8. The highest BCUT2D eigenvalue weighted by molar-refractivity contribution is 5.90. The van der Waals surface area contributed by atoms with Crippen LogP contribution >= 0.6 is 0 Å². The number of aromatic nitrogens is 5. The van der Waals surface area contributed by atoms with Crippen LogP contribution in [0.4, 0.5) is 11.8 Å². The highest BCUT2D eigenvalue weighted by Gasteiger charge is 2.24. The van der Waals surface area contributed by atoms with Crippen LogP contribution in [0, 0.1) is 0 Å². The van der Waals surface area contributed by atoms with Gasteiger partial charge in [-0.15, -0.1) is 5.10 Å². The molecule has 1 aliphatic rings. The van der Waals surface area contributed by atoms with Crippen LogP contribution < -0.4 is 15.5 Å². The molecule has 0 bridgehead atoms. The largest absolute Gasteiger partial charge is 0.364 e. The van der Waals surface area contributed by atoms with E-state index >= 15 is 0 Å². The molecule has 3 rings (SSSR count). The summed E-state index contributed by atoms with van der Waals surface area (Å²) < 4.78 is 1.75. The van der Waals surface area contributed by atoms with E-state index in [1.807, 2.05) is 19.0 Å². The van der Waals surface area contributed by atoms with Crippen molar-refractivity contribution in [2.45, 2.75) is 38.6 Å². The fourth-order valence-corrected chi connectivity index (χ4v) is 3.03. The van der Waals surface area contributed by atoms with Crippen LogP contribution in [-0.2, 0) is 0 Å². The molecule has 9 nitrogen and oxygen atoms in total. The van der Waals surface area contributed by atoms with Crippen LogP contribution in [-0.4, -0.2) is 58.1 Å². The lowest BCUT2D eigenvalue weighted by molar-refractivity contribution is 0.0995. The molecular formula is C17H26N8O. The van der Waals surface area contributed by atoms with Crippen molar-refractivity contribution >= 4 is 17.7 Å². The van der Waals surface area contributed by atoms with E-state index in [1.165, 1.54) is 0 Å². The lowest BCUT2D eigenvalue weighted by atomic mass is 10.0. The molecule has 0 aliphatic carbocycles. The fourth-order valence-electron chi connectivity index (χ4n) is 3.03. The van der Waals surface area contributed by atoms with Gasteiger partial charge in [-0.1, -0.05) is 19.1 Å². The molecule has 0 saturated carbocycles. The Bertz CT molecular complexity index is 751. The number of carbonyl (C=O) groups excluding carboxylic acids is 1. The number of amides is 1. The molecular weight excluding hydrogens is 332 g/mol. The van der Waals surface area contributed by atoms with Crippen molar-refractivity contribution in [1.82, 2.24) is 25.0 Å². The van der Waals surface area contributed by atoms with Gasteiger partial charge in [0.1, 0.15) is 5.82 Å². The Hall–Kier alpha value is -2.71. The fraction of sp³-hybridized carbons (Fsp3) is 0.588. The van der Waals surface area contributed by atoms with Gasteiger partial charge in [-0.3, -0.25) is 4.79 Å². The van der Waals surface area contributed by atoms with E-state index in [1.54, 1.807) is 10.9 Å². The summed E-state index contributed by atoms with van der Waals surface area (Å²) in [5.74, 6) is 1.49. The van der Waals surface area contributed by atoms with Gasteiger partial charge in [0, 0.05) is 33.3 Å². The minimum Gasteiger partial charge on any atom is -0.364 e. The average molecular weight is 358 g/mol. The standard InChI is InChI=1S/C17H26N8O/c1-11(2)13-9-15(20-17(19-13)23(3)4)24-7-5-12(6-8-24)25-10-14(16(18)26)21-22-25/h9-12H,5-8H2,1-4H3,(H2,18,26). The van der Waals surface area contributed by atoms with Crippen molar-refractivity contribution in [2.24, 2.45) is 5.73 Å². The Morgan fingerprint density at radius 2 is 1.96 bits per heavy atom. The summed E-state index contributed by atoms with van der Waals surface area (Å²) in [5, 5.41) is 7.88. The van der Waals surface area contributed by atoms with E-state index in [0.717, 1.165) is 43.4 Å². The van der Waals surface area contributed by atoms with Crippen molar-refractivity contribution in [3.8, 4) is 0 Å². The first-order valence-electron chi connectivity index (χ1n) is 8.88. The monoisotopic (exact) mass is 358 g/mol. The molecule has 2 aromatic rings. The molecule has 0 radical (unpaired) electrons. The van der Waals surface area contributed by atoms with Gasteiger partial charge in [0.2, 0.25) is 5.95 Å². The van der Waals surface area contributed by atoms with Crippen LogP contribution in [0.25, 0.3) is 0 Å². The topological polar surface area (TPSA) is 106 Å². The third-order valence-corrected chi connectivity index (χ3v) is 4.64. The summed E-state index contributed by atoms with van der Waals surface area (Å²) in [4.78, 5) is 24.7. The van der Waals surface area contributed by atoms with Crippen LogP contribution in [0.3, 0.4) is 0 Å². The first kappa shape index (κ1) is 18.1. The number of primary amides is 1. The molecule has 2 aromatic heterocycles. The maximum atomic E-state index is 11.2. The van der Waals surface area contributed by atoms with Crippen LogP contribution in [0.1, 0.15) is 54.8 Å². The number of anilines is 2. The van der Waals surface area contributed by atoms with E-state index < -0.39 is 5.91 Å². The molecule has 0 aromatic carbocycles. The number of hydrogen-bond donors (Lipinski definition) is 1. The molecule has 0 atom stereocenters. The molecule has 140 valence electrons. The van der Waals surface area contributed by atoms with E-state index in [9.17, 15) is 4.79 Å². The predicted molar refractivity (Wildman–Crippen MR) is 99.5 cm³/mol. The van der Waals surface area contributed by atoms with Gasteiger partial charge in [0.05, 0.1) is 17.9 Å². The number of nitrogens with two attached hydrogens (primary N) is 1. The van der Waals surface area contributed by atoms with Gasteiger partial charge in [-0.05, 0) is 18.8 Å². The summed E-state index contributed by atoms with van der Waals surface area (Å²) in [6.07, 6.45) is 3.44. The summed E-state index contributed by atoms with van der Waals surface area (Å²) >= 11 is 0. The number of piperidine rings is 1. The minimum absolute atomic E-state index is 0.209. The Labute approximate surface area is 153 Å². The molecule has 1 amide bonds. The van der Waals surface area contributed by atoms with Gasteiger partial charge < -0.3 is 15.5 Å². The second-order valence-electron chi connectivity index (χ2n) is 7.17. The van der Waals surface area contributed by atoms with Crippen molar-refractivity contribution in [2.75, 3.05) is 37.0 Å². The Morgan fingerprint density at radius 1 is 1.27 bits per heavy atom. The summed E-state index contributed by atoms with van der Waals surface area (Å²) in [6, 6.07) is 2.30. The molecule has 1 saturated heterocycles. The van der Waals surface area contributed by atoms with Gasteiger partial charge >= 0.3 is 0 Å². The summed E-state index contributed by atoms with van der Waals surface area (Å²) in [6.45, 7) is 5.99. The smallest absolute Gasteiger partial charge is 0.270 e. The highest BCUT2D eigenvalue weighted by atomic mass is 16.1. The number of carbonyl (C=O) groups is 1. The Kier molecular flexibility index (Phi) is 5.06. The van der Waals surface area contributed by atoms with Gasteiger partial charge in [0.15, 0.2) is 5.69 Å². The molecule has 9 heteroatoms. The second kappa shape index (κ2) is 7.27. The zero-order valence-corrected chi connectivity index (χ0v) is 15.8. The maximum absolute atomic E-state index is 11.2. The van der Waals surface area contributed by atoms with E-state index in [4.69, 9.17) is 10.7 Å². The molecule has 0 unspecified atom stereocenters. The van der Waals surface area contributed by atoms with E-state index in [2.05, 4.69) is 40.1 Å². The van der Waals surface area contributed by atoms with E-state index in [0.29, 0.717) is 5.92 Å². The number of hydrogen-bond acceptors (Lipinski definition) is 7. The third kappa shape index (κ3) is 3.76. The number of nitrogens with zero attached hydrogens (tertiary/aromatic N) is 7. The average Bonchev–Trinajstić information content (AvgIpc) is 3.12. The Balaban J connectivity index is 1.73. The second-order valence-corrected chi connectivity index (χ2v) is 7.17. The van der Waals surface area contributed by atoms with Crippen molar-refractivity contribution in [3.63, 3.8) is 0 Å². The molecule has 26 heavy (non-hydrogen) atoms. The normalized spacial score (nSPS) is 15.5. The Morgan fingerprint density at radius 3 is 2.50 bits per heavy atom. The van der Waals surface area contributed by atoms with Crippen LogP contribution in [0.15, 0.2) is 12.3 Å². The molecule has 1 fully saturated rings. The zero-order chi connectivity index (χ0) is 18.8. The molecule has 0 spiro atoms. The quantitative estimate of drug-likeness (QED) is 0.856. The van der Waals surface area contributed by atoms with Crippen LogP contribution in [0.5, 0.6) is 0 Å². The van der Waals surface area contributed by atoms with Gasteiger partial charge in [-0.2, -0.15) is 4.98 Å². The predicted octanol–water partition coefficient (Wildman–Crippen LogP) is 1.20. The molecule has 3 heterocycles. The first-order valence-corrected chi connectivity index (χ1v) is 8.88. The number of rotatable bonds is 5. The lowest BCUT2D eigenvalue weighted by Crippen LogP contribution is -2.35. The van der Waals surface area contributed by atoms with Crippen molar-refractivity contribution in [1.29, 1.82) is 0 Å². The lowest BCUT2D eigenvalue weighted by Gasteiger charge is -2.33. The van der Waals surface area contributed by atoms with Crippen molar-refractivity contribution < 1.29 is 4.79 Å². The maximum Gasteiger partial charge on any atom is 0.270 e. The van der Waals surface area contributed by atoms with Crippen molar-refractivity contribution in [3.05, 3.63) is 23.7 Å².